The second-order valence-electron chi connectivity index (χ2n) is 4.44. The lowest BCUT2D eigenvalue weighted by Crippen LogP contribution is -2.21. The van der Waals surface area contributed by atoms with Crippen molar-refractivity contribution in [3.63, 3.8) is 0 Å². The Morgan fingerprint density at radius 1 is 1.10 bits per heavy atom. The quantitative estimate of drug-likeness (QED) is 0.599. The summed E-state index contributed by atoms with van der Waals surface area (Å²) in [7, 11) is 1.89. The van der Waals surface area contributed by atoms with Crippen LogP contribution in [-0.2, 0) is 6.42 Å². The SMILES string of the molecule is CN(CCc1ccccc1)c1ccccc1O[N+](=O)[O-]. The first kappa shape index (κ1) is 13.9. The van der Waals surface area contributed by atoms with Crippen LogP contribution in [-0.4, -0.2) is 18.7 Å². The van der Waals surface area contributed by atoms with Gasteiger partial charge in [-0.05, 0) is 24.1 Å². The Labute approximate surface area is 117 Å². The molecule has 0 saturated carbocycles. The van der Waals surface area contributed by atoms with Gasteiger partial charge in [-0.25, -0.2) is 0 Å². The summed E-state index contributed by atoms with van der Waals surface area (Å²) in [5, 5.41) is 9.70. The van der Waals surface area contributed by atoms with Gasteiger partial charge in [0, 0.05) is 13.6 Å². The van der Waals surface area contributed by atoms with Crippen LogP contribution in [0.25, 0.3) is 0 Å². The molecule has 2 aromatic rings. The van der Waals surface area contributed by atoms with Crippen LogP contribution >= 0.6 is 0 Å². The van der Waals surface area contributed by atoms with Crippen molar-refractivity contribution in [3.05, 3.63) is 70.3 Å². The fourth-order valence-electron chi connectivity index (χ4n) is 1.99. The minimum atomic E-state index is -0.788. The molecule has 20 heavy (non-hydrogen) atoms. The van der Waals surface area contributed by atoms with Gasteiger partial charge in [-0.2, -0.15) is 0 Å². The monoisotopic (exact) mass is 272 g/mol. The normalized spacial score (nSPS) is 10.1. The van der Waals surface area contributed by atoms with Crippen LogP contribution in [0, 0.1) is 10.1 Å². The number of anilines is 1. The Morgan fingerprint density at radius 2 is 1.75 bits per heavy atom. The molecule has 0 aliphatic heterocycles. The van der Waals surface area contributed by atoms with Gasteiger partial charge in [0.1, 0.15) is 5.75 Å². The average molecular weight is 272 g/mol. The Hall–Kier alpha value is -2.56. The molecule has 0 amide bonds. The maximum atomic E-state index is 10.5. The van der Waals surface area contributed by atoms with E-state index in [0.717, 1.165) is 13.0 Å². The molecule has 0 spiro atoms. The van der Waals surface area contributed by atoms with Crippen molar-refractivity contribution in [3.8, 4) is 5.75 Å². The number of hydrogen-bond donors (Lipinski definition) is 0. The van der Waals surface area contributed by atoms with E-state index in [9.17, 15) is 10.1 Å². The average Bonchev–Trinajstić information content (AvgIpc) is 2.46. The first-order chi connectivity index (χ1) is 9.66. The standard InChI is InChI=1S/C15H16N2O3/c1-16(12-11-13-7-3-2-4-8-13)14-9-5-6-10-15(14)20-17(18)19/h2-10H,11-12H2,1H3. The fraction of sp³-hybridized carbons (Fsp3) is 0.200. The molecule has 0 bridgehead atoms. The topological polar surface area (TPSA) is 55.6 Å². The van der Waals surface area contributed by atoms with E-state index >= 15 is 0 Å². The van der Waals surface area contributed by atoms with Crippen molar-refractivity contribution in [1.82, 2.24) is 0 Å². The number of benzene rings is 2. The first-order valence-electron chi connectivity index (χ1n) is 6.33. The molecule has 2 rings (SSSR count). The zero-order valence-electron chi connectivity index (χ0n) is 11.2. The summed E-state index contributed by atoms with van der Waals surface area (Å²) >= 11 is 0. The van der Waals surface area contributed by atoms with Crippen molar-refractivity contribution < 1.29 is 9.92 Å². The van der Waals surface area contributed by atoms with Crippen LogP contribution in [0.2, 0.25) is 0 Å². The smallest absolute Gasteiger partial charge is 0.299 e. The van der Waals surface area contributed by atoms with Gasteiger partial charge in [-0.3, -0.25) is 4.84 Å². The van der Waals surface area contributed by atoms with E-state index in [0.29, 0.717) is 5.69 Å². The molecule has 5 nitrogen and oxygen atoms in total. The van der Waals surface area contributed by atoms with Crippen LogP contribution in [0.15, 0.2) is 54.6 Å². The van der Waals surface area contributed by atoms with E-state index in [2.05, 4.69) is 17.0 Å². The summed E-state index contributed by atoms with van der Waals surface area (Å²) in [5.74, 6) is 0.257. The van der Waals surface area contributed by atoms with Crippen LogP contribution in [0.1, 0.15) is 5.56 Å². The predicted octanol–water partition coefficient (Wildman–Crippen LogP) is 2.94. The van der Waals surface area contributed by atoms with Gasteiger partial charge in [0.05, 0.1) is 5.69 Å². The molecule has 0 atom stereocenters. The maximum Gasteiger partial charge on any atom is 0.299 e. The van der Waals surface area contributed by atoms with Crippen LogP contribution in [0.5, 0.6) is 5.75 Å². The van der Waals surface area contributed by atoms with E-state index in [1.54, 1.807) is 12.1 Å². The molecule has 104 valence electrons. The van der Waals surface area contributed by atoms with E-state index in [1.807, 2.05) is 42.3 Å². The van der Waals surface area contributed by atoms with Crippen molar-refractivity contribution in [2.75, 3.05) is 18.5 Å². The summed E-state index contributed by atoms with van der Waals surface area (Å²) in [4.78, 5) is 17.0. The van der Waals surface area contributed by atoms with E-state index < -0.39 is 5.09 Å². The Balaban J connectivity index is 2.05. The molecule has 0 aliphatic rings. The number of likely N-dealkylation sites (N-methyl/N-ethyl adjacent to an activating group) is 1. The summed E-state index contributed by atoms with van der Waals surface area (Å²) in [5.41, 5.74) is 1.94. The van der Waals surface area contributed by atoms with Gasteiger partial charge in [-0.15, -0.1) is 10.1 Å². The second-order valence-corrected chi connectivity index (χ2v) is 4.44. The second kappa shape index (κ2) is 6.56. The van der Waals surface area contributed by atoms with Crippen LogP contribution < -0.4 is 9.74 Å². The molecular weight excluding hydrogens is 256 g/mol. The van der Waals surface area contributed by atoms with Gasteiger partial charge in [0.25, 0.3) is 5.09 Å². The van der Waals surface area contributed by atoms with Gasteiger partial charge in [0.15, 0.2) is 0 Å². The highest BCUT2D eigenvalue weighted by Gasteiger charge is 2.10. The molecule has 0 fully saturated rings. The number of rotatable bonds is 6. The number of nitrogens with zero attached hydrogens (tertiary/aromatic N) is 2. The summed E-state index contributed by atoms with van der Waals surface area (Å²) in [6.45, 7) is 0.752. The highest BCUT2D eigenvalue weighted by atomic mass is 17.0. The zero-order chi connectivity index (χ0) is 14.4. The van der Waals surface area contributed by atoms with Crippen LogP contribution in [0.4, 0.5) is 5.69 Å². The highest BCUT2D eigenvalue weighted by Crippen LogP contribution is 2.27. The van der Waals surface area contributed by atoms with Gasteiger partial charge in [-0.1, -0.05) is 42.5 Å². The summed E-state index contributed by atoms with van der Waals surface area (Å²) in [6, 6.07) is 17.1. The van der Waals surface area contributed by atoms with Crippen molar-refractivity contribution >= 4 is 5.69 Å². The highest BCUT2D eigenvalue weighted by molar-refractivity contribution is 5.57. The third-order valence-corrected chi connectivity index (χ3v) is 3.03. The molecule has 0 aliphatic carbocycles. The van der Waals surface area contributed by atoms with Gasteiger partial charge in [0.2, 0.25) is 0 Å². The van der Waals surface area contributed by atoms with Gasteiger partial charge < -0.3 is 4.90 Å². The number of hydrogen-bond acceptors (Lipinski definition) is 4. The summed E-state index contributed by atoms with van der Waals surface area (Å²) in [6.07, 6.45) is 0.865. The minimum Gasteiger partial charge on any atom is -0.372 e. The lowest BCUT2D eigenvalue weighted by atomic mass is 10.1. The third-order valence-electron chi connectivity index (χ3n) is 3.03. The van der Waals surface area contributed by atoms with E-state index in [4.69, 9.17) is 0 Å². The van der Waals surface area contributed by atoms with Crippen molar-refractivity contribution in [2.45, 2.75) is 6.42 Å². The molecule has 0 aromatic heterocycles. The molecule has 0 saturated heterocycles. The molecular formula is C15H16N2O3. The molecule has 0 heterocycles. The van der Waals surface area contributed by atoms with Crippen molar-refractivity contribution in [2.24, 2.45) is 0 Å². The molecule has 0 N–H and O–H groups in total. The Kier molecular flexibility index (Phi) is 4.55. The Bertz CT molecular complexity index is 572. The largest absolute Gasteiger partial charge is 0.372 e. The maximum absolute atomic E-state index is 10.5. The minimum absolute atomic E-state index is 0.257. The molecule has 2 aromatic carbocycles. The lowest BCUT2D eigenvalue weighted by molar-refractivity contribution is -0.710. The molecule has 5 heteroatoms. The molecule has 0 radical (unpaired) electrons. The van der Waals surface area contributed by atoms with Gasteiger partial charge >= 0.3 is 0 Å². The van der Waals surface area contributed by atoms with E-state index in [1.165, 1.54) is 5.56 Å². The lowest BCUT2D eigenvalue weighted by Gasteiger charge is -2.21. The fourth-order valence-corrected chi connectivity index (χ4v) is 1.99. The van der Waals surface area contributed by atoms with Crippen molar-refractivity contribution in [1.29, 1.82) is 0 Å². The number of para-hydroxylation sites is 2. The first-order valence-corrected chi connectivity index (χ1v) is 6.33. The van der Waals surface area contributed by atoms with Crippen LogP contribution in [0.3, 0.4) is 0 Å². The Morgan fingerprint density at radius 3 is 2.45 bits per heavy atom. The van der Waals surface area contributed by atoms with E-state index in [-0.39, 0.29) is 5.75 Å². The zero-order valence-corrected chi connectivity index (χ0v) is 11.2. The summed E-state index contributed by atoms with van der Waals surface area (Å²) < 4.78 is 0. The molecule has 0 unspecified atom stereocenters. The predicted molar refractivity (Wildman–Crippen MR) is 77.5 cm³/mol. The third kappa shape index (κ3) is 3.71.